The number of benzene rings is 2. The molecule has 0 radical (unpaired) electrons. The Kier molecular flexibility index (Phi) is 7.91. The molecule has 194 valence electrons. The van der Waals surface area contributed by atoms with Gasteiger partial charge in [-0.05, 0) is 38.5 Å². The van der Waals surface area contributed by atoms with E-state index in [1.807, 2.05) is 39.0 Å². The molecule has 1 aliphatic heterocycles. The van der Waals surface area contributed by atoms with Gasteiger partial charge < -0.3 is 29.2 Å². The van der Waals surface area contributed by atoms with E-state index in [2.05, 4.69) is 43.8 Å². The summed E-state index contributed by atoms with van der Waals surface area (Å²) >= 11 is 1.60. The summed E-state index contributed by atoms with van der Waals surface area (Å²) in [6.45, 7) is 10.7. The fourth-order valence-corrected chi connectivity index (χ4v) is 5.37. The fraction of sp³-hybridized carbons (Fsp3) is 0.357. The van der Waals surface area contributed by atoms with Crippen LogP contribution in [0.25, 0.3) is 21.3 Å². The minimum atomic E-state index is 0.542. The first kappa shape index (κ1) is 25.1. The molecular formula is C28H32N4O4S. The van der Waals surface area contributed by atoms with E-state index in [1.165, 1.54) is 0 Å². The zero-order valence-electron chi connectivity index (χ0n) is 21.5. The Morgan fingerprint density at radius 2 is 1.65 bits per heavy atom. The van der Waals surface area contributed by atoms with E-state index in [9.17, 15) is 0 Å². The molecule has 0 bridgehead atoms. The maximum atomic E-state index is 6.09. The fourth-order valence-electron chi connectivity index (χ4n) is 4.45. The molecule has 4 aromatic rings. The van der Waals surface area contributed by atoms with Crippen molar-refractivity contribution in [3.05, 3.63) is 48.1 Å². The zero-order valence-corrected chi connectivity index (χ0v) is 22.3. The highest BCUT2D eigenvalue weighted by atomic mass is 32.1. The van der Waals surface area contributed by atoms with E-state index < -0.39 is 0 Å². The summed E-state index contributed by atoms with van der Waals surface area (Å²) in [5, 5.41) is 6.63. The van der Waals surface area contributed by atoms with Crippen molar-refractivity contribution in [2.24, 2.45) is 0 Å². The Balaban J connectivity index is 1.55. The third kappa shape index (κ3) is 5.42. The minimum absolute atomic E-state index is 0.542. The molecule has 1 N–H and O–H groups in total. The second kappa shape index (κ2) is 11.7. The number of rotatable bonds is 10. The quantitative estimate of drug-likeness (QED) is 0.267. The Bertz CT molecular complexity index is 1340. The number of morpholine rings is 1. The SMILES string of the molecule is CCOc1ccc(-c2csc3ncnc(Nc4cc(OCC)c(N5CCOCC5)cc4OCC)c23)cc1. The van der Waals surface area contributed by atoms with Crippen molar-refractivity contribution < 1.29 is 18.9 Å². The van der Waals surface area contributed by atoms with Crippen LogP contribution in [0.3, 0.4) is 0 Å². The highest BCUT2D eigenvalue weighted by molar-refractivity contribution is 7.17. The molecule has 5 rings (SSSR count). The summed E-state index contributed by atoms with van der Waals surface area (Å²) in [5.41, 5.74) is 3.96. The largest absolute Gasteiger partial charge is 0.494 e. The zero-order chi connectivity index (χ0) is 25.6. The van der Waals surface area contributed by atoms with Crippen LogP contribution in [-0.4, -0.2) is 56.1 Å². The normalized spacial score (nSPS) is 13.5. The van der Waals surface area contributed by atoms with E-state index >= 15 is 0 Å². The lowest BCUT2D eigenvalue weighted by Gasteiger charge is -2.31. The molecule has 1 aliphatic rings. The Labute approximate surface area is 221 Å². The number of nitrogens with one attached hydrogen (secondary N) is 1. The summed E-state index contributed by atoms with van der Waals surface area (Å²) in [6.07, 6.45) is 1.59. The first-order chi connectivity index (χ1) is 18.2. The maximum Gasteiger partial charge on any atom is 0.145 e. The van der Waals surface area contributed by atoms with Gasteiger partial charge in [-0.2, -0.15) is 0 Å². The van der Waals surface area contributed by atoms with Gasteiger partial charge in [-0.25, -0.2) is 9.97 Å². The first-order valence-corrected chi connectivity index (χ1v) is 13.6. The molecule has 0 unspecified atom stereocenters. The molecule has 9 heteroatoms. The van der Waals surface area contributed by atoms with Gasteiger partial charge in [0.2, 0.25) is 0 Å². The highest BCUT2D eigenvalue weighted by Gasteiger charge is 2.21. The predicted octanol–water partition coefficient (Wildman–Crippen LogP) is 6.13. The van der Waals surface area contributed by atoms with Crippen molar-refractivity contribution in [2.45, 2.75) is 20.8 Å². The number of aromatic nitrogens is 2. The van der Waals surface area contributed by atoms with Crippen LogP contribution in [0.15, 0.2) is 48.1 Å². The van der Waals surface area contributed by atoms with Crippen molar-refractivity contribution >= 4 is 38.7 Å². The lowest BCUT2D eigenvalue weighted by molar-refractivity contribution is 0.122. The van der Waals surface area contributed by atoms with E-state index in [0.717, 1.165) is 68.9 Å². The Morgan fingerprint density at radius 1 is 0.919 bits per heavy atom. The van der Waals surface area contributed by atoms with Crippen LogP contribution < -0.4 is 24.4 Å². The molecule has 0 aliphatic carbocycles. The molecule has 2 aromatic heterocycles. The molecule has 3 heterocycles. The second-order valence-electron chi connectivity index (χ2n) is 8.42. The van der Waals surface area contributed by atoms with Gasteiger partial charge in [-0.1, -0.05) is 12.1 Å². The topological polar surface area (TPSA) is 78.0 Å². The third-order valence-corrected chi connectivity index (χ3v) is 7.00. The van der Waals surface area contributed by atoms with Crippen LogP contribution in [-0.2, 0) is 4.74 Å². The smallest absolute Gasteiger partial charge is 0.145 e. The van der Waals surface area contributed by atoms with Crippen LogP contribution >= 0.6 is 11.3 Å². The Morgan fingerprint density at radius 3 is 2.38 bits per heavy atom. The highest BCUT2D eigenvalue weighted by Crippen LogP contribution is 2.43. The van der Waals surface area contributed by atoms with Crippen molar-refractivity contribution in [3.8, 4) is 28.4 Å². The predicted molar refractivity (Wildman–Crippen MR) is 149 cm³/mol. The standard InChI is InChI=1S/C28H32N4O4S/c1-4-34-20-9-7-19(8-10-20)21-17-37-28-26(21)27(29-18-30-28)31-22-15-25(36-6-3)23(16-24(22)35-5-2)32-11-13-33-14-12-32/h7-10,15-18H,4-6,11-14H2,1-3H3,(H,29,30,31). The van der Waals surface area contributed by atoms with E-state index in [4.69, 9.17) is 18.9 Å². The van der Waals surface area contributed by atoms with Crippen LogP contribution in [0, 0.1) is 0 Å². The first-order valence-electron chi connectivity index (χ1n) is 12.7. The summed E-state index contributed by atoms with van der Waals surface area (Å²) in [5.74, 6) is 3.12. The molecule has 1 saturated heterocycles. The van der Waals surface area contributed by atoms with Crippen molar-refractivity contribution in [2.75, 3.05) is 56.3 Å². The lowest BCUT2D eigenvalue weighted by Crippen LogP contribution is -2.36. The van der Waals surface area contributed by atoms with Crippen LogP contribution in [0.4, 0.5) is 17.2 Å². The molecule has 1 fully saturated rings. The summed E-state index contributed by atoms with van der Waals surface area (Å²) in [7, 11) is 0. The minimum Gasteiger partial charge on any atom is -0.494 e. The van der Waals surface area contributed by atoms with Gasteiger partial charge in [0, 0.05) is 36.2 Å². The van der Waals surface area contributed by atoms with Gasteiger partial charge in [0.15, 0.2) is 0 Å². The molecule has 0 spiro atoms. The number of ether oxygens (including phenoxy) is 4. The summed E-state index contributed by atoms with van der Waals surface area (Å²) < 4.78 is 23.3. The number of thiophene rings is 1. The average Bonchev–Trinajstić information content (AvgIpc) is 3.37. The third-order valence-electron chi connectivity index (χ3n) is 6.11. The number of hydrogen-bond donors (Lipinski definition) is 1. The van der Waals surface area contributed by atoms with Crippen LogP contribution in [0.1, 0.15) is 20.8 Å². The number of hydrogen-bond acceptors (Lipinski definition) is 9. The number of anilines is 3. The monoisotopic (exact) mass is 520 g/mol. The van der Waals surface area contributed by atoms with Gasteiger partial charge >= 0.3 is 0 Å². The van der Waals surface area contributed by atoms with Gasteiger partial charge in [-0.3, -0.25) is 0 Å². The molecule has 8 nitrogen and oxygen atoms in total. The van der Waals surface area contributed by atoms with E-state index in [0.29, 0.717) is 33.0 Å². The van der Waals surface area contributed by atoms with Gasteiger partial charge in [-0.15, -0.1) is 11.3 Å². The summed E-state index contributed by atoms with van der Waals surface area (Å²) in [4.78, 5) is 12.4. The molecule has 0 saturated carbocycles. The van der Waals surface area contributed by atoms with Crippen LogP contribution in [0.2, 0.25) is 0 Å². The van der Waals surface area contributed by atoms with Crippen LogP contribution in [0.5, 0.6) is 17.2 Å². The van der Waals surface area contributed by atoms with Gasteiger partial charge in [0.1, 0.15) is 34.2 Å². The molecule has 37 heavy (non-hydrogen) atoms. The van der Waals surface area contributed by atoms with Crippen molar-refractivity contribution in [1.82, 2.24) is 9.97 Å². The summed E-state index contributed by atoms with van der Waals surface area (Å²) in [6, 6.07) is 12.2. The van der Waals surface area contributed by atoms with E-state index in [1.54, 1.807) is 17.7 Å². The maximum absolute atomic E-state index is 6.09. The van der Waals surface area contributed by atoms with E-state index in [-0.39, 0.29) is 0 Å². The number of fused-ring (bicyclic) bond motifs is 1. The van der Waals surface area contributed by atoms with Crippen molar-refractivity contribution in [1.29, 1.82) is 0 Å². The second-order valence-corrected chi connectivity index (χ2v) is 9.27. The number of nitrogens with zero attached hydrogens (tertiary/aromatic N) is 3. The molecule has 0 atom stereocenters. The van der Waals surface area contributed by atoms with Crippen molar-refractivity contribution in [3.63, 3.8) is 0 Å². The average molecular weight is 521 g/mol. The lowest BCUT2D eigenvalue weighted by atomic mass is 10.1. The molecular weight excluding hydrogens is 488 g/mol. The van der Waals surface area contributed by atoms with Gasteiger partial charge in [0.05, 0.1) is 49.8 Å². The Hall–Kier alpha value is -3.56. The molecule has 2 aromatic carbocycles. The van der Waals surface area contributed by atoms with Gasteiger partial charge in [0.25, 0.3) is 0 Å². The molecule has 0 amide bonds.